The summed E-state index contributed by atoms with van der Waals surface area (Å²) < 4.78 is 2.92. The Morgan fingerprint density at radius 2 is 2.07 bits per heavy atom. The third-order valence-electron chi connectivity index (χ3n) is 4.74. The molecule has 0 radical (unpaired) electrons. The van der Waals surface area contributed by atoms with E-state index < -0.39 is 0 Å². The minimum absolute atomic E-state index is 0.210. The first-order chi connectivity index (χ1) is 14.0. The number of fused-ring (bicyclic) bond motifs is 1. The van der Waals surface area contributed by atoms with E-state index in [4.69, 9.17) is 0 Å². The number of nitrogens with zero attached hydrogens (tertiary/aromatic N) is 3. The number of nitrogens with one attached hydrogen (secondary N) is 1. The molecular weight excluding hydrogens is 380 g/mol. The van der Waals surface area contributed by atoms with E-state index in [1.54, 1.807) is 16.0 Å². The van der Waals surface area contributed by atoms with Crippen LogP contribution in [-0.2, 0) is 7.05 Å². The molecule has 0 saturated heterocycles. The van der Waals surface area contributed by atoms with Crippen LogP contribution >= 0.6 is 11.3 Å². The average Bonchev–Trinajstić information content (AvgIpc) is 3.37. The Kier molecular flexibility index (Phi) is 5.10. The zero-order valence-corrected chi connectivity index (χ0v) is 17.0. The Bertz CT molecular complexity index is 1250. The molecule has 0 bridgehead atoms. The Balaban J connectivity index is 1.61. The maximum atomic E-state index is 12.7. The predicted molar refractivity (Wildman–Crippen MR) is 120 cm³/mol. The molecule has 0 atom stereocenters. The Morgan fingerprint density at radius 3 is 2.83 bits per heavy atom. The Morgan fingerprint density at radius 1 is 1.21 bits per heavy atom. The van der Waals surface area contributed by atoms with Crippen molar-refractivity contribution in [2.75, 3.05) is 0 Å². The molecule has 6 heteroatoms. The van der Waals surface area contributed by atoms with Crippen LogP contribution in [0.25, 0.3) is 27.3 Å². The summed E-state index contributed by atoms with van der Waals surface area (Å²) in [4.78, 5) is 16.7. The quantitative estimate of drug-likeness (QED) is 0.477. The largest absolute Gasteiger partial charge is 0.307 e. The standard InChI is InChI=1S/C23H20N4OS/c1-15-4-5-16(20-13-25-27(3)14-20)10-19(15)12-22(24-2)26-23(28)18-6-7-21-17(11-18)8-9-29-21/h4-14H,2H2,1,3H3,(H,26,28)/b22-12+. The number of aryl methyl sites for hydroxylation is 2. The molecule has 0 spiro atoms. The van der Waals surface area contributed by atoms with E-state index in [0.717, 1.165) is 32.3 Å². The minimum atomic E-state index is -0.210. The molecule has 144 valence electrons. The summed E-state index contributed by atoms with van der Waals surface area (Å²) in [5, 5.41) is 10.2. The van der Waals surface area contributed by atoms with Gasteiger partial charge in [0, 0.05) is 29.1 Å². The van der Waals surface area contributed by atoms with Gasteiger partial charge in [0.15, 0.2) is 0 Å². The van der Waals surface area contributed by atoms with E-state index in [9.17, 15) is 4.79 Å². The fourth-order valence-electron chi connectivity index (χ4n) is 3.11. The molecule has 29 heavy (non-hydrogen) atoms. The first-order valence-corrected chi connectivity index (χ1v) is 9.98. The molecular formula is C23H20N4OS. The third-order valence-corrected chi connectivity index (χ3v) is 5.63. The molecule has 2 aromatic carbocycles. The summed E-state index contributed by atoms with van der Waals surface area (Å²) in [5.41, 5.74) is 4.71. The molecule has 4 aromatic rings. The highest BCUT2D eigenvalue weighted by Gasteiger charge is 2.10. The van der Waals surface area contributed by atoms with Gasteiger partial charge >= 0.3 is 0 Å². The van der Waals surface area contributed by atoms with E-state index in [2.05, 4.69) is 34.3 Å². The number of hydrogen-bond acceptors (Lipinski definition) is 4. The second-order valence-electron chi connectivity index (χ2n) is 6.79. The first kappa shape index (κ1) is 18.8. The molecule has 0 aliphatic rings. The van der Waals surface area contributed by atoms with Crippen molar-refractivity contribution in [1.29, 1.82) is 0 Å². The molecule has 0 aliphatic carbocycles. The number of carbonyl (C=O) groups is 1. The lowest BCUT2D eigenvalue weighted by atomic mass is 10.0. The lowest BCUT2D eigenvalue weighted by molar-refractivity contribution is 0.0966. The zero-order valence-electron chi connectivity index (χ0n) is 16.2. The summed E-state index contributed by atoms with van der Waals surface area (Å²) >= 11 is 1.65. The molecule has 1 amide bonds. The van der Waals surface area contributed by atoms with E-state index in [1.165, 1.54) is 0 Å². The molecule has 0 saturated carbocycles. The number of benzene rings is 2. The molecule has 0 unspecified atom stereocenters. The van der Waals surface area contributed by atoms with Gasteiger partial charge in [0.2, 0.25) is 0 Å². The smallest absolute Gasteiger partial charge is 0.256 e. The van der Waals surface area contributed by atoms with Crippen LogP contribution in [0.4, 0.5) is 0 Å². The van der Waals surface area contributed by atoms with E-state index in [0.29, 0.717) is 11.4 Å². The number of rotatable bonds is 5. The Hall–Kier alpha value is -3.51. The maximum absolute atomic E-state index is 12.7. The fraction of sp³-hybridized carbons (Fsp3) is 0.0870. The van der Waals surface area contributed by atoms with Crippen molar-refractivity contribution < 1.29 is 4.79 Å². The SMILES string of the molecule is C=N/C(=C\c1cc(-c2cnn(C)c2)ccc1C)NC(=O)c1ccc2sccc2c1. The van der Waals surface area contributed by atoms with Gasteiger partial charge in [-0.3, -0.25) is 9.48 Å². The van der Waals surface area contributed by atoms with Crippen LogP contribution in [-0.4, -0.2) is 22.4 Å². The number of aliphatic imine (C=N–C) groups is 1. The monoisotopic (exact) mass is 400 g/mol. The van der Waals surface area contributed by atoms with Crippen LogP contribution in [0.3, 0.4) is 0 Å². The second-order valence-corrected chi connectivity index (χ2v) is 7.74. The van der Waals surface area contributed by atoms with Crippen molar-refractivity contribution in [2.45, 2.75) is 6.92 Å². The minimum Gasteiger partial charge on any atom is -0.307 e. The lowest BCUT2D eigenvalue weighted by Gasteiger charge is -2.08. The van der Waals surface area contributed by atoms with Crippen molar-refractivity contribution in [1.82, 2.24) is 15.1 Å². The van der Waals surface area contributed by atoms with E-state index in [1.807, 2.05) is 68.2 Å². The molecule has 0 aliphatic heterocycles. The molecule has 1 N–H and O–H groups in total. The van der Waals surface area contributed by atoms with Crippen LogP contribution in [0.5, 0.6) is 0 Å². The second kappa shape index (κ2) is 7.85. The van der Waals surface area contributed by atoms with Crippen LogP contribution in [0, 0.1) is 6.92 Å². The summed E-state index contributed by atoms with van der Waals surface area (Å²) in [6.45, 7) is 5.63. The van der Waals surface area contributed by atoms with Gasteiger partial charge in [-0.15, -0.1) is 11.3 Å². The normalized spacial score (nSPS) is 11.6. The molecule has 4 rings (SSSR count). The predicted octanol–water partition coefficient (Wildman–Crippen LogP) is 5.04. The van der Waals surface area contributed by atoms with Crippen LogP contribution in [0.2, 0.25) is 0 Å². The van der Waals surface area contributed by atoms with Crippen molar-refractivity contribution in [3.8, 4) is 11.1 Å². The summed E-state index contributed by atoms with van der Waals surface area (Å²) in [6, 6.07) is 13.8. The highest BCUT2D eigenvalue weighted by Crippen LogP contribution is 2.24. The molecule has 2 aromatic heterocycles. The van der Waals surface area contributed by atoms with Crippen LogP contribution in [0.15, 0.2) is 71.1 Å². The van der Waals surface area contributed by atoms with Crippen molar-refractivity contribution >= 4 is 40.1 Å². The van der Waals surface area contributed by atoms with Gasteiger partial charge in [0.1, 0.15) is 5.82 Å². The highest BCUT2D eigenvalue weighted by molar-refractivity contribution is 7.17. The summed E-state index contributed by atoms with van der Waals surface area (Å²) in [6.07, 6.45) is 5.63. The number of hydrogen-bond donors (Lipinski definition) is 1. The van der Waals surface area contributed by atoms with E-state index >= 15 is 0 Å². The topological polar surface area (TPSA) is 59.3 Å². The summed E-state index contributed by atoms with van der Waals surface area (Å²) in [7, 11) is 1.89. The first-order valence-electron chi connectivity index (χ1n) is 9.10. The van der Waals surface area contributed by atoms with Crippen LogP contribution < -0.4 is 5.32 Å². The maximum Gasteiger partial charge on any atom is 0.256 e. The number of aromatic nitrogens is 2. The van der Waals surface area contributed by atoms with Crippen molar-refractivity contribution in [3.63, 3.8) is 0 Å². The van der Waals surface area contributed by atoms with Gasteiger partial charge in [-0.2, -0.15) is 5.10 Å². The van der Waals surface area contributed by atoms with Gasteiger partial charge in [-0.05, 0) is 77.5 Å². The summed E-state index contributed by atoms with van der Waals surface area (Å²) in [5.74, 6) is 0.199. The van der Waals surface area contributed by atoms with Crippen molar-refractivity contribution in [3.05, 3.63) is 82.7 Å². The average molecular weight is 401 g/mol. The molecule has 5 nitrogen and oxygen atoms in total. The van der Waals surface area contributed by atoms with Gasteiger partial charge < -0.3 is 5.32 Å². The molecule has 0 fully saturated rings. The third kappa shape index (κ3) is 4.02. The lowest BCUT2D eigenvalue weighted by Crippen LogP contribution is -2.21. The van der Waals surface area contributed by atoms with Gasteiger partial charge in [0.25, 0.3) is 5.91 Å². The Labute approximate surface area is 173 Å². The number of amides is 1. The number of carbonyl (C=O) groups excluding carboxylic acids is 1. The fourth-order valence-corrected chi connectivity index (χ4v) is 3.88. The molecule has 2 heterocycles. The van der Waals surface area contributed by atoms with Crippen LogP contribution in [0.1, 0.15) is 21.5 Å². The van der Waals surface area contributed by atoms with Crippen molar-refractivity contribution in [2.24, 2.45) is 12.0 Å². The van der Waals surface area contributed by atoms with Gasteiger partial charge in [0.05, 0.1) is 6.20 Å². The number of thiophene rings is 1. The zero-order chi connectivity index (χ0) is 20.4. The highest BCUT2D eigenvalue weighted by atomic mass is 32.1. The van der Waals surface area contributed by atoms with Gasteiger partial charge in [-0.25, -0.2) is 4.99 Å². The van der Waals surface area contributed by atoms with Gasteiger partial charge in [-0.1, -0.05) is 12.1 Å². The van der Waals surface area contributed by atoms with E-state index in [-0.39, 0.29) is 5.91 Å².